The van der Waals surface area contributed by atoms with Gasteiger partial charge in [0.25, 0.3) is 0 Å². The third-order valence-corrected chi connectivity index (χ3v) is 7.61. The van der Waals surface area contributed by atoms with Gasteiger partial charge >= 0.3 is 5.97 Å². The number of esters is 1. The Balaban J connectivity index is 1.58. The monoisotopic (exact) mass is 332 g/mol. The molecule has 4 aliphatic rings. The summed E-state index contributed by atoms with van der Waals surface area (Å²) in [6, 6.07) is 0. The lowest BCUT2D eigenvalue weighted by atomic mass is 9.52. The number of rotatable bonds is 1. The van der Waals surface area contributed by atoms with Crippen molar-refractivity contribution in [2.75, 3.05) is 0 Å². The maximum Gasteiger partial charge on any atom is 0.302 e. The second-order valence-corrected chi connectivity index (χ2v) is 8.67. The van der Waals surface area contributed by atoms with Crippen LogP contribution in [0.2, 0.25) is 0 Å². The lowest BCUT2D eigenvalue weighted by molar-refractivity contribution is -0.156. The molecule has 3 fully saturated rings. The first kappa shape index (κ1) is 16.3. The zero-order chi connectivity index (χ0) is 17.1. The van der Waals surface area contributed by atoms with E-state index in [-0.39, 0.29) is 23.3 Å². The van der Waals surface area contributed by atoms with Gasteiger partial charge in [-0.05, 0) is 74.7 Å². The maximum absolute atomic E-state index is 11.8. The van der Waals surface area contributed by atoms with Gasteiger partial charge in [-0.2, -0.15) is 0 Å². The zero-order valence-electron chi connectivity index (χ0n) is 14.7. The van der Waals surface area contributed by atoms with E-state index in [1.54, 1.807) is 6.08 Å². The van der Waals surface area contributed by atoms with Gasteiger partial charge in [0.15, 0.2) is 5.78 Å². The molecular formula is C20H28O4. The largest absolute Gasteiger partial charge is 0.462 e. The molecule has 24 heavy (non-hydrogen) atoms. The number of aliphatic hydroxyl groups excluding tert-OH is 1. The van der Waals surface area contributed by atoms with Gasteiger partial charge in [0, 0.05) is 12.3 Å². The highest BCUT2D eigenvalue weighted by atomic mass is 16.5. The van der Waals surface area contributed by atoms with Crippen molar-refractivity contribution < 1.29 is 19.4 Å². The van der Waals surface area contributed by atoms with Crippen LogP contribution in [0.4, 0.5) is 0 Å². The molecule has 4 aliphatic carbocycles. The fourth-order valence-electron chi connectivity index (χ4n) is 6.51. The highest BCUT2D eigenvalue weighted by molar-refractivity contribution is 5.95. The molecular weight excluding hydrogens is 304 g/mol. The molecule has 1 N–H and O–H groups in total. The van der Waals surface area contributed by atoms with E-state index in [0.29, 0.717) is 30.1 Å². The molecule has 0 aromatic carbocycles. The van der Waals surface area contributed by atoms with Gasteiger partial charge in [-0.15, -0.1) is 0 Å². The van der Waals surface area contributed by atoms with Crippen LogP contribution in [0.5, 0.6) is 0 Å². The second-order valence-electron chi connectivity index (χ2n) is 8.67. The first-order valence-corrected chi connectivity index (χ1v) is 9.49. The van der Waals surface area contributed by atoms with E-state index in [0.717, 1.165) is 38.5 Å². The van der Waals surface area contributed by atoms with Gasteiger partial charge in [-0.1, -0.05) is 12.5 Å². The number of hydrogen-bond donors (Lipinski definition) is 1. The highest BCUT2D eigenvalue weighted by Crippen LogP contribution is 2.62. The van der Waals surface area contributed by atoms with Crippen LogP contribution in [-0.4, -0.2) is 29.1 Å². The maximum atomic E-state index is 11.8. The van der Waals surface area contributed by atoms with Gasteiger partial charge in [0.1, 0.15) is 12.2 Å². The summed E-state index contributed by atoms with van der Waals surface area (Å²) in [6.07, 6.45) is 8.09. The van der Waals surface area contributed by atoms with Crippen molar-refractivity contribution in [2.24, 2.45) is 29.1 Å². The quantitative estimate of drug-likeness (QED) is 0.750. The predicted octanol–water partition coefficient (Wildman–Crippen LogP) is 3.03. The third kappa shape index (κ3) is 2.37. The van der Waals surface area contributed by atoms with Crippen LogP contribution >= 0.6 is 0 Å². The first-order valence-electron chi connectivity index (χ1n) is 9.49. The summed E-state index contributed by atoms with van der Waals surface area (Å²) in [4.78, 5) is 23.3. The number of aliphatic hydroxyl groups is 1. The minimum Gasteiger partial charge on any atom is -0.462 e. The van der Waals surface area contributed by atoms with Gasteiger partial charge in [-0.25, -0.2) is 0 Å². The molecule has 4 heteroatoms. The lowest BCUT2D eigenvalue weighted by Gasteiger charge is -2.53. The summed E-state index contributed by atoms with van der Waals surface area (Å²) in [6.45, 7) is 3.83. The SMILES string of the molecule is CC(=O)O[C@@H]1CC[C@@H]2[C@@H]3CCC4=CC(=O)[C@H](O)C[C@@H]4[C@@H]3CC[C@@]21C. The van der Waals surface area contributed by atoms with Crippen LogP contribution in [-0.2, 0) is 14.3 Å². The Hall–Kier alpha value is -1.16. The van der Waals surface area contributed by atoms with Crippen LogP contribution < -0.4 is 0 Å². The first-order chi connectivity index (χ1) is 11.4. The smallest absolute Gasteiger partial charge is 0.302 e. The lowest BCUT2D eigenvalue weighted by Crippen LogP contribution is -2.49. The Bertz CT molecular complexity index is 594. The van der Waals surface area contributed by atoms with Gasteiger partial charge in [0.05, 0.1) is 0 Å². The molecule has 7 atom stereocenters. The molecule has 0 aliphatic heterocycles. The van der Waals surface area contributed by atoms with Crippen molar-refractivity contribution in [3.63, 3.8) is 0 Å². The molecule has 0 aromatic heterocycles. The van der Waals surface area contributed by atoms with Crippen LogP contribution in [0.25, 0.3) is 0 Å². The summed E-state index contributed by atoms with van der Waals surface area (Å²) < 4.78 is 5.67. The Morgan fingerprint density at radius 1 is 1.25 bits per heavy atom. The minimum absolute atomic E-state index is 0.0661. The third-order valence-electron chi connectivity index (χ3n) is 7.61. The van der Waals surface area contributed by atoms with E-state index in [2.05, 4.69) is 6.92 Å². The molecule has 0 bridgehead atoms. The molecule has 0 unspecified atom stereocenters. The van der Waals surface area contributed by atoms with Crippen LogP contribution in [0.1, 0.15) is 58.8 Å². The molecule has 0 radical (unpaired) electrons. The fourth-order valence-corrected chi connectivity index (χ4v) is 6.51. The number of ketones is 1. The van der Waals surface area contributed by atoms with E-state index >= 15 is 0 Å². The van der Waals surface area contributed by atoms with E-state index in [1.165, 1.54) is 12.5 Å². The van der Waals surface area contributed by atoms with Crippen molar-refractivity contribution >= 4 is 11.8 Å². The second kappa shape index (κ2) is 5.69. The van der Waals surface area contributed by atoms with Crippen LogP contribution in [0.15, 0.2) is 11.6 Å². The number of carbonyl (C=O) groups is 2. The van der Waals surface area contributed by atoms with Crippen molar-refractivity contribution in [3.05, 3.63) is 11.6 Å². The van der Waals surface area contributed by atoms with Crippen molar-refractivity contribution in [1.29, 1.82) is 0 Å². The molecule has 4 nitrogen and oxygen atoms in total. The molecule has 132 valence electrons. The van der Waals surface area contributed by atoms with Crippen LogP contribution in [0.3, 0.4) is 0 Å². The van der Waals surface area contributed by atoms with E-state index < -0.39 is 6.10 Å². The topological polar surface area (TPSA) is 63.6 Å². The number of hydrogen-bond acceptors (Lipinski definition) is 4. The Morgan fingerprint density at radius 3 is 2.79 bits per heavy atom. The summed E-state index contributed by atoms with van der Waals surface area (Å²) in [7, 11) is 0. The van der Waals surface area contributed by atoms with Crippen molar-refractivity contribution in [2.45, 2.75) is 71.0 Å². The minimum atomic E-state index is -0.803. The summed E-state index contributed by atoms with van der Waals surface area (Å²) >= 11 is 0. The van der Waals surface area contributed by atoms with Crippen LogP contribution in [0, 0.1) is 29.1 Å². The summed E-state index contributed by atoms with van der Waals surface area (Å²) in [5.74, 6) is 1.96. The number of carbonyl (C=O) groups excluding carboxylic acids is 2. The number of allylic oxidation sites excluding steroid dienone is 1. The predicted molar refractivity (Wildman–Crippen MR) is 89.0 cm³/mol. The Morgan fingerprint density at radius 2 is 2.04 bits per heavy atom. The summed E-state index contributed by atoms with van der Waals surface area (Å²) in [5, 5.41) is 10.0. The highest BCUT2D eigenvalue weighted by Gasteiger charge is 2.57. The fraction of sp³-hybridized carbons (Fsp3) is 0.800. The standard InChI is InChI=1S/C20H28O4/c1-11(21)24-19-6-5-16-14-4-3-12-9-17(22)18(23)10-15(12)13(14)7-8-20(16,19)2/h9,13-16,18-19,23H,3-8,10H2,1-2H3/t13-,14-,15+,16-,18-,19-,20+/m1/s1. The van der Waals surface area contributed by atoms with E-state index in [9.17, 15) is 14.7 Å². The zero-order valence-corrected chi connectivity index (χ0v) is 14.7. The Kier molecular flexibility index (Phi) is 3.87. The van der Waals surface area contributed by atoms with Crippen molar-refractivity contribution in [3.8, 4) is 0 Å². The normalized spacial score (nSPS) is 47.3. The molecule has 0 saturated heterocycles. The average molecular weight is 332 g/mol. The van der Waals surface area contributed by atoms with E-state index in [4.69, 9.17) is 4.74 Å². The van der Waals surface area contributed by atoms with E-state index in [1.807, 2.05) is 0 Å². The Labute approximate surface area is 143 Å². The van der Waals surface area contributed by atoms with Gasteiger partial charge < -0.3 is 9.84 Å². The average Bonchev–Trinajstić information content (AvgIpc) is 2.85. The van der Waals surface area contributed by atoms with Crippen molar-refractivity contribution in [1.82, 2.24) is 0 Å². The summed E-state index contributed by atoms with van der Waals surface area (Å²) in [5.41, 5.74) is 1.39. The molecule has 3 saturated carbocycles. The molecule has 0 heterocycles. The molecule has 0 spiro atoms. The van der Waals surface area contributed by atoms with Gasteiger partial charge in [-0.3, -0.25) is 9.59 Å². The molecule has 0 aromatic rings. The number of fused-ring (bicyclic) bond motifs is 5. The van der Waals surface area contributed by atoms with Gasteiger partial charge in [0.2, 0.25) is 0 Å². The molecule has 0 amide bonds. The number of ether oxygens (including phenoxy) is 1. The molecule has 4 rings (SSSR count).